The molecule has 1 aromatic carbocycles. The molecule has 1 aromatic rings. The summed E-state index contributed by atoms with van der Waals surface area (Å²) in [4.78, 5) is 24.5. The number of carbonyl (C=O) groups is 2. The van der Waals surface area contributed by atoms with Gasteiger partial charge in [0.15, 0.2) is 0 Å². The van der Waals surface area contributed by atoms with Crippen LogP contribution in [0, 0.1) is 23.5 Å². The Bertz CT molecular complexity index is 604. The van der Waals surface area contributed by atoms with Crippen LogP contribution in [0.1, 0.15) is 37.0 Å². The van der Waals surface area contributed by atoms with Crippen LogP contribution in [0.2, 0.25) is 0 Å². The Kier molecular flexibility index (Phi) is 7.76. The van der Waals surface area contributed by atoms with Crippen LogP contribution in [-0.2, 0) is 4.79 Å². The van der Waals surface area contributed by atoms with Gasteiger partial charge in [-0.15, -0.1) is 12.4 Å². The lowest BCUT2D eigenvalue weighted by Gasteiger charge is -2.23. The molecule has 0 heterocycles. The number of nitrogens with two attached hydrogens (primary N) is 1. The molecule has 0 aromatic heterocycles. The first-order valence-electron chi connectivity index (χ1n) is 8.09. The lowest BCUT2D eigenvalue weighted by Crippen LogP contribution is -2.52. The highest BCUT2D eigenvalue weighted by molar-refractivity contribution is 5.98. The van der Waals surface area contributed by atoms with Gasteiger partial charge in [0, 0.05) is 12.6 Å². The first-order valence-corrected chi connectivity index (χ1v) is 8.09. The Hall–Kier alpha value is -1.73. The number of nitrogens with one attached hydrogen (secondary N) is 2. The zero-order chi connectivity index (χ0) is 17.9. The summed E-state index contributed by atoms with van der Waals surface area (Å²) in [6, 6.07) is 2.16. The molecule has 2 unspecified atom stereocenters. The van der Waals surface area contributed by atoms with Gasteiger partial charge in [-0.2, -0.15) is 0 Å². The van der Waals surface area contributed by atoms with E-state index in [1.807, 2.05) is 0 Å². The van der Waals surface area contributed by atoms with Gasteiger partial charge in [0.1, 0.15) is 23.2 Å². The van der Waals surface area contributed by atoms with Crippen molar-refractivity contribution in [2.24, 2.45) is 17.6 Å². The van der Waals surface area contributed by atoms with Gasteiger partial charge in [-0.05, 0) is 36.8 Å². The lowest BCUT2D eigenvalue weighted by atomic mass is 10.0. The van der Waals surface area contributed by atoms with Crippen molar-refractivity contribution in [3.63, 3.8) is 0 Å². The maximum Gasteiger partial charge on any atom is 0.257 e. The highest BCUT2D eigenvalue weighted by Gasteiger charge is 2.31. The van der Waals surface area contributed by atoms with Gasteiger partial charge in [-0.1, -0.05) is 19.9 Å². The van der Waals surface area contributed by atoms with Crippen LogP contribution < -0.4 is 16.4 Å². The molecule has 2 rings (SSSR count). The lowest BCUT2D eigenvalue weighted by molar-refractivity contribution is -0.124. The van der Waals surface area contributed by atoms with Gasteiger partial charge < -0.3 is 16.4 Å². The summed E-state index contributed by atoms with van der Waals surface area (Å²) in [6.07, 6.45) is 2.13. The number of hydrogen-bond donors (Lipinski definition) is 3. The molecule has 1 saturated carbocycles. The molecule has 1 aliphatic carbocycles. The van der Waals surface area contributed by atoms with Crippen molar-refractivity contribution in [3.8, 4) is 0 Å². The minimum Gasteiger partial charge on any atom is -0.353 e. The van der Waals surface area contributed by atoms with E-state index >= 15 is 0 Å². The molecule has 1 aliphatic rings. The summed E-state index contributed by atoms with van der Waals surface area (Å²) >= 11 is 0. The van der Waals surface area contributed by atoms with Gasteiger partial charge in [0.25, 0.3) is 5.91 Å². The second kappa shape index (κ2) is 9.10. The average Bonchev–Trinajstić information content (AvgIpc) is 3.34. The van der Waals surface area contributed by atoms with Crippen LogP contribution in [0.3, 0.4) is 0 Å². The molecule has 0 spiro atoms. The smallest absolute Gasteiger partial charge is 0.257 e. The largest absolute Gasteiger partial charge is 0.353 e. The first-order chi connectivity index (χ1) is 11.3. The molecule has 0 aliphatic heterocycles. The maximum atomic E-state index is 13.7. The van der Waals surface area contributed by atoms with Gasteiger partial charge in [0.2, 0.25) is 5.91 Å². The van der Waals surface area contributed by atoms with E-state index in [2.05, 4.69) is 10.6 Å². The molecule has 2 atom stereocenters. The number of hydrogen-bond acceptors (Lipinski definition) is 3. The predicted octanol–water partition coefficient (Wildman–Crippen LogP) is 1.99. The Morgan fingerprint density at radius 3 is 2.28 bits per heavy atom. The molecular formula is C17H24ClF2N3O2. The van der Waals surface area contributed by atoms with E-state index in [1.54, 1.807) is 13.8 Å². The third-order valence-electron chi connectivity index (χ3n) is 4.17. The average molecular weight is 376 g/mol. The highest BCUT2D eigenvalue weighted by Crippen LogP contribution is 2.31. The second-order valence-electron chi connectivity index (χ2n) is 6.54. The van der Waals surface area contributed by atoms with Gasteiger partial charge in [-0.25, -0.2) is 8.78 Å². The summed E-state index contributed by atoms with van der Waals surface area (Å²) in [6.45, 7) is 3.79. The fraction of sp³-hybridized carbons (Fsp3) is 0.529. The van der Waals surface area contributed by atoms with Crippen molar-refractivity contribution in [2.45, 2.75) is 38.8 Å². The Labute approximate surface area is 152 Å². The topological polar surface area (TPSA) is 84.2 Å². The molecule has 140 valence electrons. The van der Waals surface area contributed by atoms with Crippen molar-refractivity contribution in [1.29, 1.82) is 0 Å². The molecular weight excluding hydrogens is 352 g/mol. The molecule has 4 N–H and O–H groups in total. The summed E-state index contributed by atoms with van der Waals surface area (Å²) in [7, 11) is 0. The summed E-state index contributed by atoms with van der Waals surface area (Å²) in [5, 5.41) is 5.12. The minimum absolute atomic E-state index is 0. The predicted molar refractivity (Wildman–Crippen MR) is 93.4 cm³/mol. The van der Waals surface area contributed by atoms with E-state index in [4.69, 9.17) is 5.73 Å². The third-order valence-corrected chi connectivity index (χ3v) is 4.17. The molecule has 1 fully saturated rings. The fourth-order valence-corrected chi connectivity index (χ4v) is 2.48. The normalized spacial score (nSPS) is 15.9. The van der Waals surface area contributed by atoms with Gasteiger partial charge >= 0.3 is 0 Å². The Morgan fingerprint density at radius 2 is 1.80 bits per heavy atom. The van der Waals surface area contributed by atoms with Crippen LogP contribution in [0.15, 0.2) is 18.2 Å². The first kappa shape index (κ1) is 21.3. The number of benzene rings is 1. The van der Waals surface area contributed by atoms with Crippen LogP contribution in [0.25, 0.3) is 0 Å². The second-order valence-corrected chi connectivity index (χ2v) is 6.54. The molecule has 0 radical (unpaired) electrons. The van der Waals surface area contributed by atoms with Crippen molar-refractivity contribution < 1.29 is 18.4 Å². The quantitative estimate of drug-likeness (QED) is 0.681. The van der Waals surface area contributed by atoms with E-state index in [0.29, 0.717) is 12.5 Å². The number of carbonyl (C=O) groups excluding carboxylic acids is 2. The molecule has 0 bridgehead atoms. The molecule has 8 heteroatoms. The van der Waals surface area contributed by atoms with Crippen molar-refractivity contribution >= 4 is 24.2 Å². The standard InChI is InChI=1S/C17H23F2N3O2.ClH/c1-9(2)15(17(24)21-8-13(20)10-6-7-10)22-16(23)14-11(18)4-3-5-12(14)19;/h3-5,9-10,13,15H,6-8,20H2,1-2H3,(H,21,24)(H,22,23);1H. The molecule has 2 amide bonds. The molecule has 0 saturated heterocycles. The van der Waals surface area contributed by atoms with Gasteiger partial charge in [0.05, 0.1) is 0 Å². The van der Waals surface area contributed by atoms with E-state index in [1.165, 1.54) is 6.07 Å². The van der Waals surface area contributed by atoms with Crippen LogP contribution in [0.5, 0.6) is 0 Å². The molecule has 5 nitrogen and oxygen atoms in total. The molecule has 25 heavy (non-hydrogen) atoms. The van der Waals surface area contributed by atoms with Crippen LogP contribution in [-0.4, -0.2) is 30.4 Å². The zero-order valence-corrected chi connectivity index (χ0v) is 15.0. The summed E-state index contributed by atoms with van der Waals surface area (Å²) in [5.41, 5.74) is 5.25. The van der Waals surface area contributed by atoms with E-state index in [9.17, 15) is 18.4 Å². The van der Waals surface area contributed by atoms with Crippen molar-refractivity contribution in [2.75, 3.05) is 6.54 Å². The van der Waals surface area contributed by atoms with E-state index in [-0.39, 0.29) is 24.4 Å². The summed E-state index contributed by atoms with van der Waals surface area (Å²) < 4.78 is 27.4. The summed E-state index contributed by atoms with van der Waals surface area (Å²) in [5.74, 6) is -3.11. The highest BCUT2D eigenvalue weighted by atomic mass is 35.5. The van der Waals surface area contributed by atoms with E-state index in [0.717, 1.165) is 25.0 Å². The SMILES string of the molecule is CC(C)C(NC(=O)c1c(F)cccc1F)C(=O)NCC(N)C1CC1.Cl. The Balaban J connectivity index is 0.00000312. The van der Waals surface area contributed by atoms with Crippen molar-refractivity contribution in [1.82, 2.24) is 10.6 Å². The van der Waals surface area contributed by atoms with E-state index < -0.39 is 35.1 Å². The van der Waals surface area contributed by atoms with Crippen LogP contribution >= 0.6 is 12.4 Å². The number of amides is 2. The maximum absolute atomic E-state index is 13.7. The monoisotopic (exact) mass is 375 g/mol. The van der Waals surface area contributed by atoms with Crippen molar-refractivity contribution in [3.05, 3.63) is 35.4 Å². The van der Waals surface area contributed by atoms with Gasteiger partial charge in [-0.3, -0.25) is 9.59 Å². The number of halogens is 3. The Morgan fingerprint density at radius 1 is 1.24 bits per heavy atom. The van der Waals surface area contributed by atoms with Crippen LogP contribution in [0.4, 0.5) is 8.78 Å². The third kappa shape index (κ3) is 5.64. The minimum atomic E-state index is -0.967. The zero-order valence-electron chi connectivity index (χ0n) is 14.2. The fourth-order valence-electron chi connectivity index (χ4n) is 2.48. The number of rotatable bonds is 7.